The first-order valence-corrected chi connectivity index (χ1v) is 10.4. The van der Waals surface area contributed by atoms with Gasteiger partial charge in [-0.2, -0.15) is 4.31 Å². The number of piperazine rings is 1. The third kappa shape index (κ3) is 4.01. The van der Waals surface area contributed by atoms with Crippen molar-refractivity contribution < 1.29 is 17.6 Å². The lowest BCUT2D eigenvalue weighted by molar-refractivity contribution is 0.0995. The van der Waals surface area contributed by atoms with Crippen molar-refractivity contribution in [3.8, 4) is 0 Å². The summed E-state index contributed by atoms with van der Waals surface area (Å²) >= 11 is 3.15. The molecule has 1 saturated heterocycles. The molecule has 1 N–H and O–H groups in total. The Labute approximate surface area is 161 Å². The van der Waals surface area contributed by atoms with Crippen LogP contribution in [0.15, 0.2) is 44.3 Å². The predicted molar refractivity (Wildman–Crippen MR) is 102 cm³/mol. The molecule has 1 aliphatic rings. The fraction of sp³-hybridized carbons (Fsp3) is 0.353. The molecule has 0 saturated carbocycles. The second-order valence-corrected chi connectivity index (χ2v) is 8.96. The van der Waals surface area contributed by atoms with Crippen molar-refractivity contribution >= 4 is 37.5 Å². The lowest BCUT2D eigenvalue weighted by atomic mass is 10.2. The van der Waals surface area contributed by atoms with E-state index in [2.05, 4.69) is 26.1 Å². The van der Waals surface area contributed by atoms with Crippen LogP contribution >= 0.6 is 15.9 Å². The molecule has 0 spiro atoms. The highest BCUT2D eigenvalue weighted by molar-refractivity contribution is 9.10. The quantitative estimate of drug-likeness (QED) is 0.787. The zero-order valence-electron chi connectivity index (χ0n) is 14.5. The molecule has 0 bridgehead atoms. The number of carbonyl (C=O) groups is 1. The molecule has 2 aromatic rings. The number of benzene rings is 1. The second kappa shape index (κ2) is 7.51. The van der Waals surface area contributed by atoms with Gasteiger partial charge in [0.2, 0.25) is 10.0 Å². The standard InChI is InChI=1S/C17H20BrN3O4S/c1-12-3-4-13(26(23,24)21-9-7-20(2)8-10-21)11-14(12)19-17(22)15-5-6-16(18)25-15/h3-6,11H,7-10H2,1-2H3,(H,19,22). The van der Waals surface area contributed by atoms with Gasteiger partial charge >= 0.3 is 0 Å². The summed E-state index contributed by atoms with van der Waals surface area (Å²) in [7, 11) is -1.63. The van der Waals surface area contributed by atoms with Crippen molar-refractivity contribution in [2.45, 2.75) is 11.8 Å². The Balaban J connectivity index is 1.84. The Kier molecular flexibility index (Phi) is 5.52. The fourth-order valence-electron chi connectivity index (χ4n) is 2.69. The fourth-order valence-corrected chi connectivity index (χ4v) is 4.45. The summed E-state index contributed by atoms with van der Waals surface area (Å²) in [6, 6.07) is 7.92. The van der Waals surface area contributed by atoms with Crippen LogP contribution in [0, 0.1) is 6.92 Å². The largest absolute Gasteiger partial charge is 0.444 e. The molecule has 1 aromatic heterocycles. The highest BCUT2D eigenvalue weighted by Gasteiger charge is 2.28. The van der Waals surface area contributed by atoms with Gasteiger partial charge in [-0.15, -0.1) is 0 Å². The number of amides is 1. The number of nitrogens with one attached hydrogen (secondary N) is 1. The molecule has 0 radical (unpaired) electrons. The number of hydrogen-bond donors (Lipinski definition) is 1. The van der Waals surface area contributed by atoms with Gasteiger partial charge in [0.05, 0.1) is 4.90 Å². The molecule has 1 aromatic carbocycles. The van der Waals surface area contributed by atoms with E-state index >= 15 is 0 Å². The average molecular weight is 442 g/mol. The summed E-state index contributed by atoms with van der Waals surface area (Å²) in [5.74, 6) is -0.295. The molecule has 140 valence electrons. The number of nitrogens with zero attached hydrogens (tertiary/aromatic N) is 2. The van der Waals surface area contributed by atoms with Crippen LogP contribution in [-0.4, -0.2) is 56.8 Å². The van der Waals surface area contributed by atoms with E-state index in [0.29, 0.717) is 36.5 Å². The molecule has 1 amide bonds. The minimum atomic E-state index is -3.60. The van der Waals surface area contributed by atoms with E-state index in [9.17, 15) is 13.2 Å². The van der Waals surface area contributed by atoms with E-state index in [4.69, 9.17) is 4.42 Å². The van der Waals surface area contributed by atoms with E-state index in [0.717, 1.165) is 5.56 Å². The molecule has 3 rings (SSSR count). The molecular weight excluding hydrogens is 422 g/mol. The van der Waals surface area contributed by atoms with Crippen molar-refractivity contribution in [1.29, 1.82) is 0 Å². The summed E-state index contributed by atoms with van der Waals surface area (Å²) in [4.78, 5) is 14.5. The summed E-state index contributed by atoms with van der Waals surface area (Å²) in [5.41, 5.74) is 1.21. The van der Waals surface area contributed by atoms with E-state index in [1.54, 1.807) is 31.2 Å². The number of rotatable bonds is 4. The van der Waals surface area contributed by atoms with Gasteiger partial charge in [0.15, 0.2) is 10.4 Å². The summed E-state index contributed by atoms with van der Waals surface area (Å²) in [6.07, 6.45) is 0. The minimum absolute atomic E-state index is 0.142. The van der Waals surface area contributed by atoms with Gasteiger partial charge < -0.3 is 14.6 Å². The number of aryl methyl sites for hydroxylation is 1. The zero-order valence-corrected chi connectivity index (χ0v) is 16.9. The van der Waals surface area contributed by atoms with Crippen LogP contribution in [0.5, 0.6) is 0 Å². The first kappa shape index (κ1) is 19.1. The number of likely N-dealkylation sites (N-methyl/N-ethyl adjacent to an activating group) is 1. The van der Waals surface area contributed by atoms with Crippen molar-refractivity contribution in [3.63, 3.8) is 0 Å². The second-order valence-electron chi connectivity index (χ2n) is 6.24. The molecule has 26 heavy (non-hydrogen) atoms. The topological polar surface area (TPSA) is 82.9 Å². The number of anilines is 1. The van der Waals surface area contributed by atoms with Crippen LogP contribution in [0.4, 0.5) is 5.69 Å². The molecule has 9 heteroatoms. The summed E-state index contributed by atoms with van der Waals surface area (Å²) in [5, 5.41) is 2.72. The minimum Gasteiger partial charge on any atom is -0.444 e. The number of carbonyl (C=O) groups excluding carboxylic acids is 1. The van der Waals surface area contributed by atoms with Gasteiger partial charge in [0.1, 0.15) is 0 Å². The Morgan fingerprint density at radius 1 is 1.15 bits per heavy atom. The lowest BCUT2D eigenvalue weighted by Gasteiger charge is -2.31. The Morgan fingerprint density at radius 2 is 1.85 bits per heavy atom. The van der Waals surface area contributed by atoms with Gasteiger partial charge in [-0.25, -0.2) is 8.42 Å². The maximum atomic E-state index is 12.9. The smallest absolute Gasteiger partial charge is 0.291 e. The van der Waals surface area contributed by atoms with Crippen molar-refractivity contribution in [1.82, 2.24) is 9.21 Å². The van der Waals surface area contributed by atoms with Crippen molar-refractivity contribution in [3.05, 3.63) is 46.3 Å². The van der Waals surface area contributed by atoms with Crippen LogP contribution in [-0.2, 0) is 10.0 Å². The van der Waals surface area contributed by atoms with Crippen LogP contribution in [0.3, 0.4) is 0 Å². The molecular formula is C17H20BrN3O4S. The summed E-state index contributed by atoms with van der Waals surface area (Å²) in [6.45, 7) is 4.10. The predicted octanol–water partition coefficient (Wildman–Crippen LogP) is 2.54. The third-order valence-electron chi connectivity index (χ3n) is 4.35. The number of furan rings is 1. The van der Waals surface area contributed by atoms with Crippen LogP contribution < -0.4 is 5.32 Å². The van der Waals surface area contributed by atoms with Gasteiger partial charge in [-0.1, -0.05) is 6.07 Å². The molecule has 0 atom stereocenters. The number of hydrogen-bond acceptors (Lipinski definition) is 5. The van der Waals surface area contributed by atoms with Crippen molar-refractivity contribution in [2.75, 3.05) is 38.5 Å². The van der Waals surface area contributed by atoms with Gasteiger partial charge in [-0.05, 0) is 59.7 Å². The highest BCUT2D eigenvalue weighted by atomic mass is 79.9. The van der Waals surface area contributed by atoms with Crippen molar-refractivity contribution in [2.24, 2.45) is 0 Å². The van der Waals surface area contributed by atoms with E-state index < -0.39 is 15.9 Å². The van der Waals surface area contributed by atoms with E-state index in [1.807, 2.05) is 7.05 Å². The van der Waals surface area contributed by atoms with E-state index in [1.165, 1.54) is 10.4 Å². The lowest BCUT2D eigenvalue weighted by Crippen LogP contribution is -2.47. The molecule has 1 fully saturated rings. The maximum Gasteiger partial charge on any atom is 0.291 e. The van der Waals surface area contributed by atoms with Gasteiger partial charge in [0.25, 0.3) is 5.91 Å². The molecule has 1 aliphatic heterocycles. The maximum absolute atomic E-state index is 12.9. The van der Waals surface area contributed by atoms with E-state index in [-0.39, 0.29) is 10.7 Å². The normalized spacial score (nSPS) is 16.6. The Hall–Kier alpha value is -1.68. The molecule has 7 nitrogen and oxygen atoms in total. The third-order valence-corrected chi connectivity index (χ3v) is 6.68. The molecule has 0 unspecified atom stereocenters. The SMILES string of the molecule is Cc1ccc(S(=O)(=O)N2CCN(C)CC2)cc1NC(=O)c1ccc(Br)o1. The highest BCUT2D eigenvalue weighted by Crippen LogP contribution is 2.25. The number of sulfonamides is 1. The molecule has 2 heterocycles. The first-order valence-electron chi connectivity index (χ1n) is 8.13. The number of halogens is 1. The first-order chi connectivity index (χ1) is 12.3. The Bertz CT molecular complexity index is 918. The van der Waals surface area contributed by atoms with Gasteiger partial charge in [-0.3, -0.25) is 4.79 Å². The summed E-state index contributed by atoms with van der Waals surface area (Å²) < 4.78 is 32.9. The monoisotopic (exact) mass is 441 g/mol. The molecule has 0 aliphatic carbocycles. The van der Waals surface area contributed by atoms with Gasteiger partial charge in [0, 0.05) is 31.9 Å². The zero-order chi connectivity index (χ0) is 18.9. The Morgan fingerprint density at radius 3 is 2.46 bits per heavy atom. The van der Waals surface area contributed by atoms with Crippen LogP contribution in [0.25, 0.3) is 0 Å². The van der Waals surface area contributed by atoms with Crippen LogP contribution in [0.2, 0.25) is 0 Å². The van der Waals surface area contributed by atoms with Crippen LogP contribution in [0.1, 0.15) is 16.1 Å². The average Bonchev–Trinajstić information content (AvgIpc) is 3.03.